The Morgan fingerprint density at radius 2 is 2.30 bits per heavy atom. The van der Waals surface area contributed by atoms with E-state index in [0.29, 0.717) is 6.61 Å². The van der Waals surface area contributed by atoms with Crippen LogP contribution in [0.5, 0.6) is 0 Å². The van der Waals surface area contributed by atoms with Crippen molar-refractivity contribution in [3.8, 4) is 0 Å². The maximum Gasteiger partial charge on any atom is 0.329 e. The molecule has 0 saturated heterocycles. The molecular weight excluding hydrogens is 132 g/mol. The molecule has 0 aromatic rings. The van der Waals surface area contributed by atoms with Gasteiger partial charge in [0.2, 0.25) is 0 Å². The Morgan fingerprint density at radius 3 is 2.80 bits per heavy atom. The van der Waals surface area contributed by atoms with Gasteiger partial charge in [-0.2, -0.15) is 0 Å². The molecule has 58 valence electrons. The fourth-order valence-electron chi connectivity index (χ4n) is 0.816. The van der Waals surface area contributed by atoms with E-state index in [1.54, 1.807) is 0 Å². The van der Waals surface area contributed by atoms with E-state index in [-0.39, 0.29) is 6.61 Å². The summed E-state index contributed by atoms with van der Waals surface area (Å²) in [6.07, 6.45) is 3.64. The van der Waals surface area contributed by atoms with Crippen LogP contribution in [-0.2, 0) is 9.53 Å². The summed E-state index contributed by atoms with van der Waals surface area (Å²) in [5.41, 5.74) is 0. The number of carbonyl (C=O) groups is 1. The molecule has 0 spiro atoms. The van der Waals surface area contributed by atoms with Gasteiger partial charge < -0.3 is 9.84 Å². The molecule has 0 bridgehead atoms. The van der Waals surface area contributed by atoms with Crippen LogP contribution in [0.3, 0.4) is 0 Å². The normalized spacial score (nSPS) is 17.2. The largest absolute Gasteiger partial charge is 0.480 e. The first kappa shape index (κ1) is 7.54. The van der Waals surface area contributed by atoms with Gasteiger partial charge in [0, 0.05) is 6.61 Å². The molecule has 3 nitrogen and oxygen atoms in total. The van der Waals surface area contributed by atoms with Crippen LogP contribution in [-0.4, -0.2) is 24.3 Å². The summed E-state index contributed by atoms with van der Waals surface area (Å²) in [5.74, 6) is -0.0513. The number of rotatable bonds is 5. The lowest BCUT2D eigenvalue weighted by Gasteiger charge is -1.97. The summed E-state index contributed by atoms with van der Waals surface area (Å²) in [4.78, 5) is 9.93. The van der Waals surface area contributed by atoms with Crippen LogP contribution >= 0.6 is 0 Å². The van der Waals surface area contributed by atoms with Crippen LogP contribution in [0, 0.1) is 5.92 Å². The second-order valence-corrected chi connectivity index (χ2v) is 2.68. The lowest BCUT2D eigenvalue weighted by Crippen LogP contribution is -2.07. The van der Waals surface area contributed by atoms with Crippen molar-refractivity contribution in [2.45, 2.75) is 19.3 Å². The van der Waals surface area contributed by atoms with Gasteiger partial charge in [-0.1, -0.05) is 12.8 Å². The fourth-order valence-corrected chi connectivity index (χ4v) is 0.816. The average molecular weight is 144 g/mol. The Balaban J connectivity index is 1.80. The van der Waals surface area contributed by atoms with E-state index >= 15 is 0 Å². The van der Waals surface area contributed by atoms with Crippen molar-refractivity contribution >= 4 is 5.97 Å². The zero-order valence-corrected chi connectivity index (χ0v) is 5.88. The highest BCUT2D eigenvalue weighted by Gasteiger charge is 2.20. The predicted molar refractivity (Wildman–Crippen MR) is 35.8 cm³/mol. The van der Waals surface area contributed by atoms with Gasteiger partial charge in [-0.25, -0.2) is 4.79 Å². The number of carboxylic acids is 1. The molecule has 0 aliphatic heterocycles. The van der Waals surface area contributed by atoms with Crippen LogP contribution in [0.2, 0.25) is 0 Å². The average Bonchev–Trinajstić information content (AvgIpc) is 2.62. The summed E-state index contributed by atoms with van der Waals surface area (Å²) in [5, 5.41) is 8.17. The topological polar surface area (TPSA) is 46.5 Å². The van der Waals surface area contributed by atoms with E-state index in [0.717, 1.165) is 12.3 Å². The summed E-state index contributed by atoms with van der Waals surface area (Å²) >= 11 is 0. The van der Waals surface area contributed by atoms with Gasteiger partial charge >= 0.3 is 5.97 Å². The third-order valence-corrected chi connectivity index (χ3v) is 1.59. The highest BCUT2D eigenvalue weighted by atomic mass is 16.5. The minimum atomic E-state index is -0.879. The third kappa shape index (κ3) is 3.45. The first-order valence-corrected chi connectivity index (χ1v) is 3.58. The molecule has 1 N–H and O–H groups in total. The van der Waals surface area contributed by atoms with Crippen LogP contribution < -0.4 is 0 Å². The van der Waals surface area contributed by atoms with E-state index in [2.05, 4.69) is 0 Å². The SMILES string of the molecule is O=C(O)COCCC1CC1. The van der Waals surface area contributed by atoms with Crippen molar-refractivity contribution in [2.24, 2.45) is 5.92 Å². The Labute approximate surface area is 60.0 Å². The van der Waals surface area contributed by atoms with Gasteiger partial charge in [0.05, 0.1) is 0 Å². The monoisotopic (exact) mass is 144 g/mol. The van der Waals surface area contributed by atoms with E-state index in [1.807, 2.05) is 0 Å². The predicted octanol–water partition coefficient (Wildman–Crippen LogP) is 0.888. The number of ether oxygens (including phenoxy) is 1. The van der Waals surface area contributed by atoms with Crippen LogP contribution in [0.4, 0.5) is 0 Å². The Kier molecular flexibility index (Phi) is 2.68. The van der Waals surface area contributed by atoms with Gasteiger partial charge in [-0.15, -0.1) is 0 Å². The molecule has 1 saturated carbocycles. The first-order valence-electron chi connectivity index (χ1n) is 3.58. The minimum Gasteiger partial charge on any atom is -0.480 e. The zero-order chi connectivity index (χ0) is 7.40. The smallest absolute Gasteiger partial charge is 0.329 e. The van der Waals surface area contributed by atoms with Crippen LogP contribution in [0.25, 0.3) is 0 Å². The molecule has 0 heterocycles. The second-order valence-electron chi connectivity index (χ2n) is 2.68. The summed E-state index contributed by atoms with van der Waals surface area (Å²) in [6, 6.07) is 0. The standard InChI is InChI=1S/C7H12O3/c8-7(9)5-10-4-3-6-1-2-6/h6H,1-5H2,(H,8,9). The van der Waals surface area contributed by atoms with Gasteiger partial charge in [0.1, 0.15) is 6.61 Å². The van der Waals surface area contributed by atoms with Crippen molar-refractivity contribution in [2.75, 3.05) is 13.2 Å². The first-order chi connectivity index (χ1) is 4.79. The molecule has 3 heteroatoms. The highest BCUT2D eigenvalue weighted by molar-refractivity contribution is 5.67. The van der Waals surface area contributed by atoms with Gasteiger partial charge in [0.25, 0.3) is 0 Å². The molecule has 10 heavy (non-hydrogen) atoms. The van der Waals surface area contributed by atoms with E-state index in [4.69, 9.17) is 9.84 Å². The molecule has 0 radical (unpaired) electrons. The Hall–Kier alpha value is -0.570. The van der Waals surface area contributed by atoms with Crippen LogP contribution in [0.15, 0.2) is 0 Å². The molecule has 1 aliphatic carbocycles. The van der Waals surface area contributed by atoms with Gasteiger partial charge in [-0.3, -0.25) is 0 Å². The minimum absolute atomic E-state index is 0.146. The molecule has 0 atom stereocenters. The molecule has 0 amide bonds. The zero-order valence-electron chi connectivity index (χ0n) is 5.88. The number of carboxylic acid groups (broad SMARTS) is 1. The molecule has 1 aliphatic rings. The van der Waals surface area contributed by atoms with E-state index in [9.17, 15) is 4.79 Å². The highest BCUT2D eigenvalue weighted by Crippen LogP contribution is 2.31. The maximum atomic E-state index is 9.93. The lowest BCUT2D eigenvalue weighted by atomic mass is 10.3. The Bertz CT molecular complexity index is 118. The maximum absolute atomic E-state index is 9.93. The third-order valence-electron chi connectivity index (χ3n) is 1.59. The molecule has 1 rings (SSSR count). The molecule has 0 aromatic carbocycles. The summed E-state index contributed by atoms with van der Waals surface area (Å²) in [6.45, 7) is 0.462. The van der Waals surface area contributed by atoms with Crippen molar-refractivity contribution < 1.29 is 14.6 Å². The van der Waals surface area contributed by atoms with E-state index in [1.165, 1.54) is 12.8 Å². The lowest BCUT2D eigenvalue weighted by molar-refractivity contribution is -0.142. The van der Waals surface area contributed by atoms with Crippen LogP contribution in [0.1, 0.15) is 19.3 Å². The van der Waals surface area contributed by atoms with Crippen molar-refractivity contribution in [1.29, 1.82) is 0 Å². The number of aliphatic carboxylic acids is 1. The summed E-state index contributed by atoms with van der Waals surface area (Å²) in [7, 11) is 0. The van der Waals surface area contributed by atoms with Gasteiger partial charge in [0.15, 0.2) is 0 Å². The van der Waals surface area contributed by atoms with E-state index < -0.39 is 5.97 Å². The van der Waals surface area contributed by atoms with Crippen molar-refractivity contribution in [3.05, 3.63) is 0 Å². The summed E-state index contributed by atoms with van der Waals surface area (Å²) < 4.78 is 4.85. The second kappa shape index (κ2) is 3.56. The van der Waals surface area contributed by atoms with Crippen molar-refractivity contribution in [1.82, 2.24) is 0 Å². The number of hydrogen-bond acceptors (Lipinski definition) is 2. The van der Waals surface area contributed by atoms with Crippen molar-refractivity contribution in [3.63, 3.8) is 0 Å². The molecule has 1 fully saturated rings. The molecular formula is C7H12O3. The molecule has 0 aromatic heterocycles. The number of hydrogen-bond donors (Lipinski definition) is 1. The quantitative estimate of drug-likeness (QED) is 0.583. The Morgan fingerprint density at radius 1 is 1.60 bits per heavy atom. The fraction of sp³-hybridized carbons (Fsp3) is 0.857. The molecule has 0 unspecified atom stereocenters. The van der Waals surface area contributed by atoms with Gasteiger partial charge in [-0.05, 0) is 12.3 Å².